The van der Waals surface area contributed by atoms with E-state index in [-0.39, 0.29) is 10.9 Å². The van der Waals surface area contributed by atoms with Crippen molar-refractivity contribution in [2.75, 3.05) is 6.54 Å². The van der Waals surface area contributed by atoms with Gasteiger partial charge in [0.05, 0.1) is 12.5 Å². The van der Waals surface area contributed by atoms with Crippen molar-refractivity contribution in [3.05, 3.63) is 48.4 Å². The monoisotopic (exact) mass is 265 g/mol. The van der Waals surface area contributed by atoms with E-state index in [9.17, 15) is 8.42 Å². The molecule has 0 fully saturated rings. The summed E-state index contributed by atoms with van der Waals surface area (Å²) in [5.41, 5.74) is 1.10. The Morgan fingerprint density at radius 2 is 2.06 bits per heavy atom. The highest BCUT2D eigenvalue weighted by molar-refractivity contribution is 7.89. The summed E-state index contributed by atoms with van der Waals surface area (Å²) in [4.78, 5) is 6.28. The van der Waals surface area contributed by atoms with Crippen molar-refractivity contribution in [3.63, 3.8) is 0 Å². The van der Waals surface area contributed by atoms with E-state index in [0.717, 1.165) is 5.56 Å². The molecule has 0 bridgehead atoms. The molecule has 2 rings (SSSR count). The van der Waals surface area contributed by atoms with Gasteiger partial charge in [-0.25, -0.2) is 18.1 Å². The van der Waals surface area contributed by atoms with Crippen LogP contribution in [0.2, 0.25) is 0 Å². The van der Waals surface area contributed by atoms with Gasteiger partial charge in [-0.3, -0.25) is 0 Å². The summed E-state index contributed by atoms with van der Waals surface area (Å²) < 4.78 is 26.3. The number of nitrogens with zero attached hydrogens (tertiary/aromatic N) is 1. The van der Waals surface area contributed by atoms with Crippen LogP contribution in [0, 0.1) is 0 Å². The predicted molar refractivity (Wildman–Crippen MR) is 68.6 cm³/mol. The van der Waals surface area contributed by atoms with Crippen molar-refractivity contribution < 1.29 is 8.42 Å². The number of hydrogen-bond donors (Lipinski definition) is 2. The van der Waals surface area contributed by atoms with Crippen LogP contribution in [0.15, 0.2) is 47.9 Å². The van der Waals surface area contributed by atoms with Crippen molar-refractivity contribution in [3.8, 4) is 0 Å². The van der Waals surface area contributed by atoms with Gasteiger partial charge < -0.3 is 4.98 Å². The summed E-state index contributed by atoms with van der Waals surface area (Å²) >= 11 is 0. The molecule has 0 spiro atoms. The quantitative estimate of drug-likeness (QED) is 0.860. The molecular weight excluding hydrogens is 250 g/mol. The van der Waals surface area contributed by atoms with E-state index in [1.807, 2.05) is 37.3 Å². The van der Waals surface area contributed by atoms with Gasteiger partial charge in [0.1, 0.15) is 0 Å². The molecule has 6 heteroatoms. The molecule has 1 unspecified atom stereocenters. The van der Waals surface area contributed by atoms with E-state index in [1.54, 1.807) is 0 Å². The normalized spacial score (nSPS) is 13.4. The molecule has 1 heterocycles. The van der Waals surface area contributed by atoms with Gasteiger partial charge in [0.25, 0.3) is 10.0 Å². The third kappa shape index (κ3) is 2.96. The van der Waals surface area contributed by atoms with E-state index >= 15 is 0 Å². The molecule has 2 N–H and O–H groups in total. The topological polar surface area (TPSA) is 74.8 Å². The zero-order valence-electron chi connectivity index (χ0n) is 10.00. The van der Waals surface area contributed by atoms with Gasteiger partial charge in [-0.05, 0) is 11.5 Å². The molecule has 2 aromatic rings. The second-order valence-corrected chi connectivity index (χ2v) is 5.81. The molecule has 0 aliphatic rings. The second-order valence-electron chi connectivity index (χ2n) is 4.08. The zero-order valence-corrected chi connectivity index (χ0v) is 10.8. The Morgan fingerprint density at radius 1 is 1.33 bits per heavy atom. The average molecular weight is 265 g/mol. The molecular formula is C12H15N3O2S. The maximum Gasteiger partial charge on any atom is 0.257 e. The van der Waals surface area contributed by atoms with E-state index < -0.39 is 10.0 Å². The lowest BCUT2D eigenvalue weighted by Gasteiger charge is -2.12. The first-order valence-electron chi connectivity index (χ1n) is 5.62. The van der Waals surface area contributed by atoms with Crippen LogP contribution in [0.5, 0.6) is 0 Å². The van der Waals surface area contributed by atoms with Crippen LogP contribution < -0.4 is 4.72 Å². The molecule has 1 aromatic carbocycles. The summed E-state index contributed by atoms with van der Waals surface area (Å²) in [6.45, 7) is 2.33. The van der Waals surface area contributed by atoms with Gasteiger partial charge in [-0.2, -0.15) is 0 Å². The fourth-order valence-electron chi connectivity index (χ4n) is 1.60. The van der Waals surface area contributed by atoms with Crippen molar-refractivity contribution >= 4 is 10.0 Å². The highest BCUT2D eigenvalue weighted by Crippen LogP contribution is 2.14. The van der Waals surface area contributed by atoms with Crippen molar-refractivity contribution in [1.29, 1.82) is 0 Å². The number of aromatic nitrogens is 2. The van der Waals surface area contributed by atoms with Crippen LogP contribution in [0.25, 0.3) is 0 Å². The molecule has 5 nitrogen and oxygen atoms in total. The van der Waals surface area contributed by atoms with E-state index in [1.165, 1.54) is 12.5 Å². The number of imidazole rings is 1. The van der Waals surface area contributed by atoms with Gasteiger partial charge in [-0.15, -0.1) is 0 Å². The van der Waals surface area contributed by atoms with E-state index in [4.69, 9.17) is 0 Å². The third-order valence-corrected chi connectivity index (χ3v) is 4.06. The van der Waals surface area contributed by atoms with Crippen LogP contribution in [0.1, 0.15) is 18.4 Å². The van der Waals surface area contributed by atoms with Crippen LogP contribution in [0.3, 0.4) is 0 Å². The first-order valence-corrected chi connectivity index (χ1v) is 7.11. The molecule has 1 atom stereocenters. The standard InChI is InChI=1S/C12H15N3O2S/c1-10(11-5-3-2-4-6-11)7-15-18(16,17)12-8-13-9-14-12/h2-6,8-10,15H,7H2,1H3,(H,13,14). The Balaban J connectivity index is 2.00. The highest BCUT2D eigenvalue weighted by atomic mass is 32.2. The average Bonchev–Trinajstić information content (AvgIpc) is 2.92. The lowest BCUT2D eigenvalue weighted by Crippen LogP contribution is -2.28. The first kappa shape index (κ1) is 12.8. The van der Waals surface area contributed by atoms with Gasteiger partial charge in [-0.1, -0.05) is 37.3 Å². The molecule has 0 radical (unpaired) electrons. The van der Waals surface area contributed by atoms with Gasteiger partial charge in [0, 0.05) is 6.54 Å². The van der Waals surface area contributed by atoms with Crippen molar-refractivity contribution in [2.45, 2.75) is 17.9 Å². The maximum absolute atomic E-state index is 11.8. The molecule has 0 aliphatic carbocycles. The Bertz CT molecular complexity index is 579. The van der Waals surface area contributed by atoms with E-state index in [2.05, 4.69) is 14.7 Å². The molecule has 0 saturated heterocycles. The predicted octanol–water partition coefficient (Wildman–Crippen LogP) is 1.49. The fourth-order valence-corrected chi connectivity index (χ4v) is 2.63. The summed E-state index contributed by atoms with van der Waals surface area (Å²) in [6, 6.07) is 9.78. The molecule has 96 valence electrons. The minimum Gasteiger partial charge on any atom is -0.335 e. The summed E-state index contributed by atoms with van der Waals surface area (Å²) in [7, 11) is -3.49. The Kier molecular flexibility index (Phi) is 3.78. The minimum absolute atomic E-state index is 0.0859. The number of aromatic amines is 1. The highest BCUT2D eigenvalue weighted by Gasteiger charge is 2.16. The smallest absolute Gasteiger partial charge is 0.257 e. The number of sulfonamides is 1. The third-order valence-electron chi connectivity index (χ3n) is 2.71. The first-order chi connectivity index (χ1) is 8.59. The van der Waals surface area contributed by atoms with E-state index in [0.29, 0.717) is 6.54 Å². The molecule has 0 saturated carbocycles. The van der Waals surface area contributed by atoms with Gasteiger partial charge >= 0.3 is 0 Å². The van der Waals surface area contributed by atoms with Gasteiger partial charge in [0.15, 0.2) is 5.03 Å². The second kappa shape index (κ2) is 5.32. The SMILES string of the molecule is CC(CNS(=O)(=O)c1cnc[nH]1)c1ccccc1. The minimum atomic E-state index is -3.49. The zero-order chi connectivity index (χ0) is 13.0. The number of nitrogens with one attached hydrogen (secondary N) is 2. The van der Waals surface area contributed by atoms with Crippen molar-refractivity contribution in [1.82, 2.24) is 14.7 Å². The number of H-pyrrole nitrogens is 1. The Hall–Kier alpha value is -1.66. The maximum atomic E-state index is 11.8. The number of benzene rings is 1. The number of hydrogen-bond acceptors (Lipinski definition) is 3. The largest absolute Gasteiger partial charge is 0.335 e. The summed E-state index contributed by atoms with van der Waals surface area (Å²) in [6.07, 6.45) is 2.63. The molecule has 0 aliphatic heterocycles. The molecule has 0 amide bonds. The lowest BCUT2D eigenvalue weighted by atomic mass is 10.0. The summed E-state index contributed by atoms with van der Waals surface area (Å²) in [5, 5.41) is 0.0859. The molecule has 18 heavy (non-hydrogen) atoms. The van der Waals surface area contributed by atoms with Gasteiger partial charge in [0.2, 0.25) is 0 Å². The number of rotatable bonds is 5. The van der Waals surface area contributed by atoms with Crippen LogP contribution in [-0.4, -0.2) is 24.9 Å². The lowest BCUT2D eigenvalue weighted by molar-refractivity contribution is 0.572. The van der Waals surface area contributed by atoms with Crippen LogP contribution in [-0.2, 0) is 10.0 Å². The fraction of sp³-hybridized carbons (Fsp3) is 0.250. The van der Waals surface area contributed by atoms with Crippen LogP contribution >= 0.6 is 0 Å². The Morgan fingerprint density at radius 3 is 2.67 bits per heavy atom. The summed E-state index contributed by atoms with van der Waals surface area (Å²) in [5.74, 6) is 0.115. The molecule has 1 aromatic heterocycles. The van der Waals surface area contributed by atoms with Crippen molar-refractivity contribution in [2.24, 2.45) is 0 Å². The van der Waals surface area contributed by atoms with Crippen LogP contribution in [0.4, 0.5) is 0 Å². The Labute approximate surface area is 106 Å².